The van der Waals surface area contributed by atoms with Crippen LogP contribution in [-0.4, -0.2) is 55.1 Å². The number of halogens is 1. The number of fused-ring (bicyclic) bond motifs is 1. The molecule has 0 aliphatic carbocycles. The minimum Gasteiger partial charge on any atom is -0.488 e. The third kappa shape index (κ3) is 3.64. The smallest absolute Gasteiger partial charge is 0.167 e. The highest BCUT2D eigenvalue weighted by Gasteiger charge is 2.19. The summed E-state index contributed by atoms with van der Waals surface area (Å²) in [6.45, 7) is 5.09. The van der Waals surface area contributed by atoms with Gasteiger partial charge in [-0.05, 0) is 19.9 Å². The number of benzene rings is 1. The van der Waals surface area contributed by atoms with Crippen LogP contribution in [0, 0.1) is 5.82 Å². The Morgan fingerprint density at radius 1 is 1.22 bits per heavy atom. The van der Waals surface area contributed by atoms with Crippen molar-refractivity contribution in [2.45, 2.75) is 20.0 Å². The van der Waals surface area contributed by atoms with Gasteiger partial charge in [0.1, 0.15) is 17.8 Å². The van der Waals surface area contributed by atoms with Gasteiger partial charge in [0.05, 0.1) is 17.3 Å². The minimum absolute atomic E-state index is 0.136. The normalized spacial score (nSPS) is 15.6. The van der Waals surface area contributed by atoms with Crippen molar-refractivity contribution in [3.8, 4) is 17.1 Å². The Labute approximate surface area is 158 Å². The molecule has 1 aromatic carbocycles. The predicted octanol–water partition coefficient (Wildman–Crippen LogP) is 2.51. The number of H-pyrrole nitrogens is 1. The van der Waals surface area contributed by atoms with Crippen LogP contribution < -0.4 is 9.64 Å². The van der Waals surface area contributed by atoms with E-state index < -0.39 is 16.6 Å². The Kier molecular flexibility index (Phi) is 4.77. The fourth-order valence-electron chi connectivity index (χ4n) is 3.07. The van der Waals surface area contributed by atoms with Crippen molar-refractivity contribution < 1.29 is 13.3 Å². The molecule has 3 heterocycles. The van der Waals surface area contributed by atoms with Crippen molar-refractivity contribution in [2.75, 3.05) is 29.5 Å². The molecular weight excluding hydrogens is 369 g/mol. The van der Waals surface area contributed by atoms with Gasteiger partial charge in [-0.2, -0.15) is 5.10 Å². The van der Waals surface area contributed by atoms with Gasteiger partial charge >= 0.3 is 0 Å². The summed E-state index contributed by atoms with van der Waals surface area (Å²) in [5.41, 5.74) is 1.83. The summed E-state index contributed by atoms with van der Waals surface area (Å²) in [6.07, 6.45) is 1.36. The summed E-state index contributed by atoms with van der Waals surface area (Å²) in [7, 11) is -0.750. The molecule has 1 aliphatic rings. The van der Waals surface area contributed by atoms with E-state index in [0.717, 1.165) is 11.2 Å². The Morgan fingerprint density at radius 2 is 2.00 bits per heavy atom. The van der Waals surface area contributed by atoms with E-state index in [2.05, 4.69) is 25.1 Å². The lowest BCUT2D eigenvalue weighted by atomic mass is 10.1. The van der Waals surface area contributed by atoms with Gasteiger partial charge in [-0.3, -0.25) is 9.31 Å². The Bertz CT molecular complexity index is 997. The molecule has 1 saturated heterocycles. The molecule has 7 nitrogen and oxygen atoms in total. The standard InChI is InChI=1S/C18H20FN5O2S/c1-11(2)26-16-7-12-14(8-13(16)19)22-23-18(12)15-9-17(21-10-20-15)24-3-5-27(25)6-4-24/h7-11H,3-6H2,1-2H3,(H,22,23). The summed E-state index contributed by atoms with van der Waals surface area (Å²) < 4.78 is 31.3. The first-order valence-corrected chi connectivity index (χ1v) is 10.3. The molecule has 0 bridgehead atoms. The van der Waals surface area contributed by atoms with Gasteiger partial charge in [-0.25, -0.2) is 14.4 Å². The molecule has 9 heteroatoms. The van der Waals surface area contributed by atoms with Crippen molar-refractivity contribution in [1.82, 2.24) is 20.2 Å². The van der Waals surface area contributed by atoms with Crippen LogP contribution in [0.1, 0.15) is 13.8 Å². The van der Waals surface area contributed by atoms with Crippen molar-refractivity contribution in [3.05, 3.63) is 30.3 Å². The SMILES string of the molecule is CC(C)Oc1cc2c(-c3cc(N4CCS(=O)CC4)ncn3)n[nH]c2cc1F. The minimum atomic E-state index is -0.750. The summed E-state index contributed by atoms with van der Waals surface area (Å²) >= 11 is 0. The first kappa shape index (κ1) is 17.8. The second kappa shape index (κ2) is 7.22. The number of hydrogen-bond donors (Lipinski definition) is 1. The van der Waals surface area contributed by atoms with E-state index >= 15 is 0 Å². The molecule has 2 aromatic heterocycles. The van der Waals surface area contributed by atoms with Gasteiger partial charge in [-0.15, -0.1) is 0 Å². The first-order valence-electron chi connectivity index (χ1n) is 8.78. The summed E-state index contributed by atoms with van der Waals surface area (Å²) in [5.74, 6) is 1.80. The van der Waals surface area contributed by atoms with Gasteiger partial charge in [0.2, 0.25) is 0 Å². The molecule has 0 unspecified atom stereocenters. The van der Waals surface area contributed by atoms with E-state index in [9.17, 15) is 8.60 Å². The second-order valence-electron chi connectivity index (χ2n) is 6.66. The Morgan fingerprint density at radius 3 is 2.74 bits per heavy atom. The highest BCUT2D eigenvalue weighted by atomic mass is 32.2. The second-order valence-corrected chi connectivity index (χ2v) is 8.36. The van der Waals surface area contributed by atoms with Crippen LogP contribution in [0.15, 0.2) is 24.5 Å². The number of nitrogens with zero attached hydrogens (tertiary/aromatic N) is 4. The summed E-state index contributed by atoms with van der Waals surface area (Å²) in [6, 6.07) is 4.89. The van der Waals surface area contributed by atoms with Crippen LogP contribution in [0.3, 0.4) is 0 Å². The zero-order chi connectivity index (χ0) is 19.0. The maximum atomic E-state index is 14.2. The maximum Gasteiger partial charge on any atom is 0.167 e. The highest BCUT2D eigenvalue weighted by Crippen LogP contribution is 2.31. The van der Waals surface area contributed by atoms with Crippen LogP contribution in [0.5, 0.6) is 5.75 Å². The number of rotatable bonds is 4. The van der Waals surface area contributed by atoms with Crippen molar-refractivity contribution in [1.29, 1.82) is 0 Å². The monoisotopic (exact) mass is 389 g/mol. The number of anilines is 1. The number of hydrogen-bond acceptors (Lipinski definition) is 6. The number of aromatic amines is 1. The molecule has 27 heavy (non-hydrogen) atoms. The lowest BCUT2D eigenvalue weighted by Gasteiger charge is -2.27. The molecular formula is C18H20FN5O2S. The van der Waals surface area contributed by atoms with Crippen LogP contribution >= 0.6 is 0 Å². The molecule has 0 atom stereocenters. The fourth-order valence-corrected chi connectivity index (χ4v) is 4.13. The van der Waals surface area contributed by atoms with Crippen LogP contribution in [0.2, 0.25) is 0 Å². The highest BCUT2D eigenvalue weighted by molar-refractivity contribution is 7.85. The molecule has 0 saturated carbocycles. The Balaban J connectivity index is 1.72. The first-order chi connectivity index (χ1) is 13.0. The van der Waals surface area contributed by atoms with Crippen molar-refractivity contribution in [2.24, 2.45) is 0 Å². The molecule has 1 aliphatic heterocycles. The zero-order valence-electron chi connectivity index (χ0n) is 15.1. The zero-order valence-corrected chi connectivity index (χ0v) is 15.9. The van der Waals surface area contributed by atoms with Gasteiger partial charge in [0.15, 0.2) is 11.6 Å². The topological polar surface area (TPSA) is 84.0 Å². The molecule has 3 aromatic rings. The van der Waals surface area contributed by atoms with Crippen LogP contribution in [-0.2, 0) is 10.8 Å². The van der Waals surface area contributed by atoms with Crippen LogP contribution in [0.25, 0.3) is 22.3 Å². The van der Waals surface area contributed by atoms with E-state index in [4.69, 9.17) is 4.74 Å². The molecule has 0 radical (unpaired) electrons. The number of ether oxygens (including phenoxy) is 1. The van der Waals surface area contributed by atoms with Gasteiger partial charge < -0.3 is 9.64 Å². The third-order valence-corrected chi connectivity index (χ3v) is 5.65. The van der Waals surface area contributed by atoms with Crippen molar-refractivity contribution >= 4 is 27.5 Å². The van der Waals surface area contributed by atoms with Crippen LogP contribution in [0.4, 0.5) is 10.2 Å². The van der Waals surface area contributed by atoms with E-state index in [1.54, 1.807) is 6.07 Å². The molecule has 4 rings (SSSR count). The summed E-state index contributed by atoms with van der Waals surface area (Å²) in [5, 5.41) is 7.91. The summed E-state index contributed by atoms with van der Waals surface area (Å²) in [4.78, 5) is 10.8. The predicted molar refractivity (Wildman–Crippen MR) is 103 cm³/mol. The lowest BCUT2D eigenvalue weighted by molar-refractivity contribution is 0.231. The fraction of sp³-hybridized carbons (Fsp3) is 0.389. The third-order valence-electron chi connectivity index (χ3n) is 4.38. The molecule has 1 fully saturated rings. The Hall–Kier alpha value is -2.55. The lowest BCUT2D eigenvalue weighted by Crippen LogP contribution is -2.38. The van der Waals surface area contributed by atoms with Gasteiger partial charge in [-0.1, -0.05) is 0 Å². The van der Waals surface area contributed by atoms with E-state index in [1.165, 1.54) is 12.4 Å². The van der Waals surface area contributed by atoms with E-state index in [1.807, 2.05) is 19.9 Å². The quantitative estimate of drug-likeness (QED) is 0.738. The molecule has 142 valence electrons. The van der Waals surface area contributed by atoms with Crippen molar-refractivity contribution in [3.63, 3.8) is 0 Å². The maximum absolute atomic E-state index is 14.2. The molecule has 0 spiro atoms. The van der Waals surface area contributed by atoms with E-state index in [0.29, 0.717) is 41.5 Å². The number of aromatic nitrogens is 4. The van der Waals surface area contributed by atoms with Gasteiger partial charge in [0, 0.05) is 52.9 Å². The molecule has 0 amide bonds. The van der Waals surface area contributed by atoms with Gasteiger partial charge in [0.25, 0.3) is 0 Å². The van der Waals surface area contributed by atoms with E-state index in [-0.39, 0.29) is 11.9 Å². The average Bonchev–Trinajstić information content (AvgIpc) is 3.05. The average molecular weight is 389 g/mol. The number of nitrogens with one attached hydrogen (secondary N) is 1. The largest absolute Gasteiger partial charge is 0.488 e. The molecule has 1 N–H and O–H groups in total.